The Morgan fingerprint density at radius 1 is 1.14 bits per heavy atom. The summed E-state index contributed by atoms with van der Waals surface area (Å²) in [6.45, 7) is 15.4. The monoisotopic (exact) mass is 594 g/mol. The first-order chi connectivity index (χ1) is 20.4. The molecule has 0 saturated carbocycles. The number of imidazole rings is 1. The molecule has 10 heteroatoms. The van der Waals surface area contributed by atoms with Gasteiger partial charge in [0.05, 0.1) is 37.9 Å². The van der Waals surface area contributed by atoms with Gasteiger partial charge in [0, 0.05) is 23.9 Å². The number of hydrogen-bond acceptors (Lipinski definition) is 7. The number of aromatic amines is 1. The number of carbonyl (C=O) groups excluding carboxylic acids is 3. The number of ether oxygens (including phenoxy) is 3. The molecule has 0 saturated heterocycles. The molecule has 1 aromatic carbocycles. The zero-order chi connectivity index (χ0) is 31.7. The summed E-state index contributed by atoms with van der Waals surface area (Å²) in [5, 5.41) is 3.89. The highest BCUT2D eigenvalue weighted by molar-refractivity contribution is 5.97. The molecule has 0 aliphatic rings. The van der Waals surface area contributed by atoms with Crippen molar-refractivity contribution in [1.29, 1.82) is 0 Å². The lowest BCUT2D eigenvalue weighted by Gasteiger charge is -2.20. The lowest BCUT2D eigenvalue weighted by atomic mass is 10.0. The Balaban J connectivity index is 1.87. The van der Waals surface area contributed by atoms with Crippen LogP contribution in [0.15, 0.2) is 31.0 Å². The van der Waals surface area contributed by atoms with Crippen molar-refractivity contribution in [2.45, 2.75) is 98.1 Å². The van der Waals surface area contributed by atoms with Crippen molar-refractivity contribution < 1.29 is 28.6 Å². The van der Waals surface area contributed by atoms with Gasteiger partial charge in [0.2, 0.25) is 5.91 Å². The molecule has 0 aliphatic heterocycles. The molecular weight excluding hydrogens is 548 g/mol. The van der Waals surface area contributed by atoms with Crippen LogP contribution in [-0.4, -0.2) is 51.6 Å². The molecule has 0 unspecified atom stereocenters. The molecule has 3 rings (SSSR count). The number of aromatic nitrogens is 3. The lowest BCUT2D eigenvalue weighted by Crippen LogP contribution is -2.31. The molecule has 0 radical (unpaired) electrons. The number of hydrogen-bond donors (Lipinski definition) is 2. The number of Topliss-reactive ketones (excluding diaryl/α,β-unsaturated/α-hetero) is 1. The van der Waals surface area contributed by atoms with Crippen molar-refractivity contribution in [3.8, 4) is 5.75 Å². The minimum Gasteiger partial charge on any atom is -0.497 e. The number of unbranched alkanes of at least 4 members (excludes halogenated alkanes) is 2. The topological polar surface area (TPSA) is 125 Å². The smallest absolute Gasteiger partial charge is 0.419 e. The fourth-order valence-electron chi connectivity index (χ4n) is 4.97. The van der Waals surface area contributed by atoms with E-state index in [1.807, 2.05) is 47.6 Å². The van der Waals surface area contributed by atoms with E-state index in [4.69, 9.17) is 14.2 Å². The molecule has 0 aliphatic carbocycles. The number of benzene rings is 1. The van der Waals surface area contributed by atoms with Crippen LogP contribution < -0.4 is 10.1 Å². The highest BCUT2D eigenvalue weighted by Crippen LogP contribution is 2.31. The summed E-state index contributed by atoms with van der Waals surface area (Å²) >= 11 is 0. The fourth-order valence-corrected chi connectivity index (χ4v) is 4.97. The minimum absolute atomic E-state index is 0.0338. The molecule has 2 heterocycles. The van der Waals surface area contributed by atoms with E-state index >= 15 is 0 Å². The minimum atomic E-state index is -0.684. The number of ketones is 1. The van der Waals surface area contributed by atoms with E-state index in [2.05, 4.69) is 21.9 Å². The number of amides is 1. The Bertz CT molecular complexity index is 1450. The molecule has 1 amide bonds. The fraction of sp³-hybridized carbons (Fsp3) is 0.515. The number of H-pyrrole nitrogens is 1. The van der Waals surface area contributed by atoms with Crippen molar-refractivity contribution in [3.05, 3.63) is 53.8 Å². The predicted molar refractivity (Wildman–Crippen MR) is 167 cm³/mol. The van der Waals surface area contributed by atoms with E-state index in [1.54, 1.807) is 25.4 Å². The van der Waals surface area contributed by atoms with Crippen molar-refractivity contribution >= 4 is 34.4 Å². The Labute approximate surface area is 254 Å². The molecule has 0 fully saturated rings. The second-order valence-corrected chi connectivity index (χ2v) is 11.6. The average Bonchev–Trinajstić information content (AvgIpc) is 3.54. The van der Waals surface area contributed by atoms with Crippen LogP contribution in [0.25, 0.3) is 16.7 Å². The number of nitrogens with zero attached hydrogens (tertiary/aromatic N) is 2. The summed E-state index contributed by atoms with van der Waals surface area (Å²) in [7, 11) is 1.58. The van der Waals surface area contributed by atoms with Crippen LogP contribution in [0.1, 0.15) is 102 Å². The van der Waals surface area contributed by atoms with Crippen LogP contribution in [0.5, 0.6) is 5.75 Å². The zero-order valence-corrected chi connectivity index (χ0v) is 26.6. The maximum Gasteiger partial charge on any atom is 0.419 e. The van der Waals surface area contributed by atoms with E-state index in [-0.39, 0.29) is 18.1 Å². The van der Waals surface area contributed by atoms with Gasteiger partial charge in [-0.1, -0.05) is 26.3 Å². The summed E-state index contributed by atoms with van der Waals surface area (Å²) in [4.78, 5) is 46.3. The first-order valence-corrected chi connectivity index (χ1v) is 15.0. The van der Waals surface area contributed by atoms with Crippen molar-refractivity contribution in [2.24, 2.45) is 0 Å². The van der Waals surface area contributed by atoms with Crippen LogP contribution in [0.4, 0.5) is 4.79 Å². The third-order valence-corrected chi connectivity index (χ3v) is 7.18. The van der Waals surface area contributed by atoms with Gasteiger partial charge < -0.3 is 24.5 Å². The van der Waals surface area contributed by atoms with Gasteiger partial charge in [0.1, 0.15) is 34.4 Å². The first kappa shape index (κ1) is 33.4. The summed E-state index contributed by atoms with van der Waals surface area (Å²) in [6.07, 6.45) is 5.39. The van der Waals surface area contributed by atoms with E-state index in [9.17, 15) is 14.4 Å². The summed E-state index contributed by atoms with van der Waals surface area (Å²) in [5.41, 5.74) is 1.93. The van der Waals surface area contributed by atoms with Crippen LogP contribution >= 0.6 is 0 Å². The molecule has 1 atom stereocenters. The standard InChI is InChI=1S/C33H46N4O6/c1-9-23(38)14-12-11-13-15-27(31-34-20-28(36-31)22(4)42-10-2)35-30(39)19-25-21(3)37(32(40)43-33(5,6)7)29-17-16-24(41-8)18-26(25)29/h16-18,20,27H,4,9-15,19H2,1-3,5-8H3,(H,34,36)(H,35,39)/t27-/m0/s1. The highest BCUT2D eigenvalue weighted by atomic mass is 16.6. The van der Waals surface area contributed by atoms with Gasteiger partial charge in [0.15, 0.2) is 0 Å². The Kier molecular flexibility index (Phi) is 11.6. The molecule has 0 bridgehead atoms. The van der Waals surface area contributed by atoms with Crippen LogP contribution in [0.3, 0.4) is 0 Å². The van der Waals surface area contributed by atoms with Crippen molar-refractivity contribution in [2.75, 3.05) is 13.7 Å². The Morgan fingerprint density at radius 3 is 2.53 bits per heavy atom. The highest BCUT2D eigenvalue weighted by Gasteiger charge is 2.26. The predicted octanol–water partition coefficient (Wildman–Crippen LogP) is 6.80. The van der Waals surface area contributed by atoms with E-state index in [1.165, 1.54) is 4.57 Å². The van der Waals surface area contributed by atoms with Crippen LogP contribution in [0, 0.1) is 6.92 Å². The normalized spacial score (nSPS) is 12.2. The van der Waals surface area contributed by atoms with Gasteiger partial charge >= 0.3 is 6.09 Å². The molecular formula is C33H46N4O6. The van der Waals surface area contributed by atoms with E-state index < -0.39 is 17.7 Å². The Hall–Kier alpha value is -4.08. The molecule has 3 aromatic rings. The number of nitrogens with one attached hydrogen (secondary N) is 2. The Morgan fingerprint density at radius 2 is 1.88 bits per heavy atom. The number of methoxy groups -OCH3 is 1. The molecule has 43 heavy (non-hydrogen) atoms. The molecule has 2 aromatic heterocycles. The molecule has 2 N–H and O–H groups in total. The van der Waals surface area contributed by atoms with Crippen LogP contribution in [0.2, 0.25) is 0 Å². The van der Waals surface area contributed by atoms with Gasteiger partial charge in [-0.15, -0.1) is 0 Å². The maximum atomic E-state index is 13.6. The number of fused-ring (bicyclic) bond motifs is 1. The van der Waals surface area contributed by atoms with E-state index in [0.717, 1.165) is 24.6 Å². The summed E-state index contributed by atoms with van der Waals surface area (Å²) in [5.74, 6) is 1.73. The third kappa shape index (κ3) is 8.95. The van der Waals surface area contributed by atoms with Crippen molar-refractivity contribution in [3.63, 3.8) is 0 Å². The van der Waals surface area contributed by atoms with E-state index in [0.29, 0.717) is 65.7 Å². The lowest BCUT2D eigenvalue weighted by molar-refractivity contribution is -0.121. The first-order valence-electron chi connectivity index (χ1n) is 15.0. The van der Waals surface area contributed by atoms with Crippen molar-refractivity contribution in [1.82, 2.24) is 19.9 Å². The van der Waals surface area contributed by atoms with Gasteiger partial charge in [0.25, 0.3) is 0 Å². The van der Waals surface area contributed by atoms with Crippen LogP contribution in [-0.2, 0) is 25.5 Å². The SMILES string of the molecule is C=C(OCC)c1cnc([C@H](CCCCCC(=O)CC)NC(=O)Cc2c(C)n(C(=O)OC(C)(C)C)c3ccc(OC)cc23)[nH]1. The quantitative estimate of drug-likeness (QED) is 0.146. The third-order valence-electron chi connectivity index (χ3n) is 7.18. The molecule has 234 valence electrons. The maximum absolute atomic E-state index is 13.6. The average molecular weight is 595 g/mol. The molecule has 0 spiro atoms. The van der Waals surface area contributed by atoms with Gasteiger partial charge in [-0.25, -0.2) is 14.3 Å². The van der Waals surface area contributed by atoms with Gasteiger partial charge in [-0.3, -0.25) is 9.59 Å². The second-order valence-electron chi connectivity index (χ2n) is 11.6. The second kappa shape index (κ2) is 14.9. The number of rotatable bonds is 15. The zero-order valence-electron chi connectivity index (χ0n) is 26.6. The largest absolute Gasteiger partial charge is 0.497 e. The van der Waals surface area contributed by atoms with Gasteiger partial charge in [-0.2, -0.15) is 0 Å². The summed E-state index contributed by atoms with van der Waals surface area (Å²) in [6, 6.07) is 5.01. The molecule has 10 nitrogen and oxygen atoms in total. The number of carbonyl (C=O) groups is 3. The summed E-state index contributed by atoms with van der Waals surface area (Å²) < 4.78 is 18.1. The van der Waals surface area contributed by atoms with Gasteiger partial charge in [-0.05, 0) is 71.2 Å².